The van der Waals surface area contributed by atoms with E-state index >= 15 is 0 Å². The van der Waals surface area contributed by atoms with Crippen molar-refractivity contribution in [1.82, 2.24) is 0 Å². The molecule has 0 heteroatoms. The second-order valence-electron chi connectivity index (χ2n) is 9.42. The summed E-state index contributed by atoms with van der Waals surface area (Å²) in [6, 6.07) is 0. The maximum atomic E-state index is 4.39. The molecule has 2 unspecified atom stereocenters. The first-order valence-electron chi connectivity index (χ1n) is 11.5. The third-order valence-electron chi connectivity index (χ3n) is 6.51. The van der Waals surface area contributed by atoms with Gasteiger partial charge in [-0.25, -0.2) is 0 Å². The van der Waals surface area contributed by atoms with Crippen LogP contribution in [-0.2, 0) is 0 Å². The van der Waals surface area contributed by atoms with Gasteiger partial charge in [-0.05, 0) is 59.5 Å². The monoisotopic (exact) mass is 394 g/mol. The molecule has 0 N–H and O–H groups in total. The van der Waals surface area contributed by atoms with Crippen molar-refractivity contribution in [2.45, 2.75) is 46.0 Å². The molecule has 30 heavy (non-hydrogen) atoms. The van der Waals surface area contributed by atoms with Crippen LogP contribution in [0.15, 0.2) is 119 Å². The van der Waals surface area contributed by atoms with Gasteiger partial charge in [-0.1, -0.05) is 111 Å². The average Bonchev–Trinajstić information content (AvgIpc) is 3.14. The third kappa shape index (κ3) is 4.75. The molecule has 0 nitrogen and oxygen atoms in total. The molecule has 4 aliphatic rings. The van der Waals surface area contributed by atoms with Crippen LogP contribution in [0.5, 0.6) is 0 Å². The van der Waals surface area contributed by atoms with E-state index in [1.807, 2.05) is 0 Å². The van der Waals surface area contributed by atoms with Crippen molar-refractivity contribution in [2.75, 3.05) is 0 Å². The van der Waals surface area contributed by atoms with Crippen LogP contribution in [0.25, 0.3) is 0 Å². The Morgan fingerprint density at radius 2 is 1.77 bits per heavy atom. The van der Waals surface area contributed by atoms with Gasteiger partial charge in [0.2, 0.25) is 0 Å². The van der Waals surface area contributed by atoms with Gasteiger partial charge in [0, 0.05) is 11.8 Å². The normalized spacial score (nSPS) is 24.1. The van der Waals surface area contributed by atoms with Crippen LogP contribution in [0.4, 0.5) is 0 Å². The van der Waals surface area contributed by atoms with Gasteiger partial charge < -0.3 is 0 Å². The predicted molar refractivity (Wildman–Crippen MR) is 131 cm³/mol. The summed E-state index contributed by atoms with van der Waals surface area (Å²) in [5.41, 5.74) is 9.33. The van der Waals surface area contributed by atoms with E-state index in [-0.39, 0.29) is 0 Å². The highest BCUT2D eigenvalue weighted by Gasteiger charge is 2.21. The molecular formula is C30H34. The van der Waals surface area contributed by atoms with E-state index in [4.69, 9.17) is 0 Å². The summed E-state index contributed by atoms with van der Waals surface area (Å²) in [7, 11) is 0. The quantitative estimate of drug-likeness (QED) is 0.388. The third-order valence-corrected chi connectivity index (χ3v) is 6.51. The van der Waals surface area contributed by atoms with Crippen molar-refractivity contribution < 1.29 is 0 Å². The zero-order chi connectivity index (χ0) is 21.1. The van der Waals surface area contributed by atoms with Crippen LogP contribution < -0.4 is 0 Å². The van der Waals surface area contributed by atoms with Crippen LogP contribution in [0.1, 0.15) is 46.0 Å². The number of hydrogen-bond acceptors (Lipinski definition) is 0. The van der Waals surface area contributed by atoms with Crippen LogP contribution in [-0.4, -0.2) is 0 Å². The van der Waals surface area contributed by atoms with E-state index < -0.39 is 0 Å². The van der Waals surface area contributed by atoms with Gasteiger partial charge >= 0.3 is 0 Å². The van der Waals surface area contributed by atoms with Crippen LogP contribution in [0, 0.1) is 17.8 Å². The molecule has 2 atom stereocenters. The lowest BCUT2D eigenvalue weighted by atomic mass is 9.80. The largest absolute Gasteiger partial charge is 0.0952 e. The fourth-order valence-electron chi connectivity index (χ4n) is 4.70. The standard InChI is InChI=1S/C30H34/c1-21(2)8-7-9-24-14-15-26-18-25(19-29(26)17-24)13-12-22(3)28-16-23(4)30-11-6-5-10-27(30)20-28/h5-6,10-11,14-21,29-30H,3-4,7-9,12-13H2,1-2H3. The van der Waals surface area contributed by atoms with E-state index in [1.54, 1.807) is 0 Å². The van der Waals surface area contributed by atoms with Crippen molar-refractivity contribution in [3.05, 3.63) is 119 Å². The van der Waals surface area contributed by atoms with E-state index in [0.717, 1.165) is 24.3 Å². The van der Waals surface area contributed by atoms with E-state index in [0.29, 0.717) is 11.8 Å². The molecule has 0 aromatic heterocycles. The molecule has 0 amide bonds. The molecule has 0 saturated heterocycles. The predicted octanol–water partition coefficient (Wildman–Crippen LogP) is 8.29. The Kier molecular flexibility index (Phi) is 6.23. The second-order valence-corrected chi connectivity index (χ2v) is 9.42. The van der Waals surface area contributed by atoms with Gasteiger partial charge in [-0.2, -0.15) is 0 Å². The summed E-state index contributed by atoms with van der Waals surface area (Å²) >= 11 is 0. The van der Waals surface area contributed by atoms with Crippen LogP contribution in [0.3, 0.4) is 0 Å². The fourth-order valence-corrected chi connectivity index (χ4v) is 4.70. The number of hydrogen-bond donors (Lipinski definition) is 0. The van der Waals surface area contributed by atoms with Crippen molar-refractivity contribution in [3.63, 3.8) is 0 Å². The molecule has 0 bridgehead atoms. The smallest absolute Gasteiger partial charge is 0.0267 e. The van der Waals surface area contributed by atoms with E-state index in [2.05, 4.69) is 93.8 Å². The molecule has 0 radical (unpaired) electrons. The van der Waals surface area contributed by atoms with Gasteiger partial charge in [0.05, 0.1) is 0 Å². The Balaban J connectivity index is 1.34. The number of rotatable bonds is 8. The van der Waals surface area contributed by atoms with E-state index in [9.17, 15) is 0 Å². The van der Waals surface area contributed by atoms with Gasteiger partial charge in [0.1, 0.15) is 0 Å². The minimum absolute atomic E-state index is 0.338. The lowest BCUT2D eigenvalue weighted by Gasteiger charge is -2.24. The molecule has 4 aliphatic carbocycles. The fraction of sp³-hybridized carbons (Fsp3) is 0.333. The SMILES string of the molecule is C=C(CCC1=CC2C=C(CCCC(C)C)C=CC2=C1)C1=CC(=C)C2C=CC=CC2=C1. The van der Waals surface area contributed by atoms with Gasteiger partial charge in [-0.3, -0.25) is 0 Å². The molecule has 4 rings (SSSR count). The number of fused-ring (bicyclic) bond motifs is 2. The Morgan fingerprint density at radius 3 is 2.60 bits per heavy atom. The first-order chi connectivity index (χ1) is 14.5. The molecule has 0 aliphatic heterocycles. The Hall–Kier alpha value is -2.60. The van der Waals surface area contributed by atoms with Crippen molar-refractivity contribution in [3.8, 4) is 0 Å². The highest BCUT2D eigenvalue weighted by Crippen LogP contribution is 2.37. The van der Waals surface area contributed by atoms with Crippen molar-refractivity contribution >= 4 is 0 Å². The molecular weight excluding hydrogens is 360 g/mol. The average molecular weight is 395 g/mol. The summed E-state index contributed by atoms with van der Waals surface area (Å²) in [4.78, 5) is 0. The lowest BCUT2D eigenvalue weighted by molar-refractivity contribution is 0.556. The maximum Gasteiger partial charge on any atom is 0.0267 e. The van der Waals surface area contributed by atoms with E-state index in [1.165, 1.54) is 52.7 Å². The summed E-state index contributed by atoms with van der Waals surface area (Å²) in [6.45, 7) is 13.3. The minimum atomic E-state index is 0.338. The van der Waals surface area contributed by atoms with Crippen LogP contribution >= 0.6 is 0 Å². The highest BCUT2D eigenvalue weighted by molar-refractivity contribution is 5.56. The molecule has 154 valence electrons. The Morgan fingerprint density at radius 1 is 0.933 bits per heavy atom. The van der Waals surface area contributed by atoms with Crippen molar-refractivity contribution in [2.24, 2.45) is 17.8 Å². The zero-order valence-corrected chi connectivity index (χ0v) is 18.5. The molecule has 0 aromatic carbocycles. The summed E-state index contributed by atoms with van der Waals surface area (Å²) in [5, 5.41) is 0. The summed E-state index contributed by atoms with van der Waals surface area (Å²) < 4.78 is 0. The highest BCUT2D eigenvalue weighted by atomic mass is 14.3. The van der Waals surface area contributed by atoms with Crippen molar-refractivity contribution in [1.29, 1.82) is 0 Å². The first-order valence-corrected chi connectivity index (χ1v) is 11.5. The van der Waals surface area contributed by atoms with Gasteiger partial charge in [-0.15, -0.1) is 0 Å². The molecule has 0 spiro atoms. The molecule has 0 aromatic rings. The zero-order valence-electron chi connectivity index (χ0n) is 18.5. The minimum Gasteiger partial charge on any atom is -0.0952 e. The second kappa shape index (κ2) is 9.04. The first kappa shape index (κ1) is 20.7. The Labute approximate surface area is 182 Å². The summed E-state index contributed by atoms with van der Waals surface area (Å²) in [5.74, 6) is 1.61. The topological polar surface area (TPSA) is 0 Å². The maximum absolute atomic E-state index is 4.39. The lowest BCUT2D eigenvalue weighted by Crippen LogP contribution is -2.09. The Bertz CT molecular complexity index is 975. The molecule has 0 heterocycles. The number of allylic oxidation sites excluding steroid dienone is 18. The molecule has 0 saturated carbocycles. The van der Waals surface area contributed by atoms with Gasteiger partial charge in [0.15, 0.2) is 0 Å². The summed E-state index contributed by atoms with van der Waals surface area (Å²) in [6.07, 6.45) is 30.9. The molecule has 0 fully saturated rings. The van der Waals surface area contributed by atoms with Gasteiger partial charge in [0.25, 0.3) is 0 Å². The van der Waals surface area contributed by atoms with Crippen LogP contribution in [0.2, 0.25) is 0 Å².